The van der Waals surface area contributed by atoms with E-state index in [9.17, 15) is 22.8 Å². The average Bonchev–Trinajstić information content (AvgIpc) is 2.81. The molecule has 1 N–H and O–H groups in total. The van der Waals surface area contributed by atoms with Gasteiger partial charge in [-0.25, -0.2) is 4.98 Å². The van der Waals surface area contributed by atoms with E-state index in [2.05, 4.69) is 10.3 Å². The zero-order chi connectivity index (χ0) is 23.1. The molecule has 1 aliphatic rings. The third-order valence-electron chi connectivity index (χ3n) is 5.17. The summed E-state index contributed by atoms with van der Waals surface area (Å²) in [5, 5.41) is 2.78. The predicted octanol–water partition coefficient (Wildman–Crippen LogP) is 2.83. The SMILES string of the molecule is COCCCNC(=O)c1ccc(N2CCN(C(=O)c3ccccc3C(F)(F)F)CC2)nc1. The van der Waals surface area contributed by atoms with Gasteiger partial charge in [0, 0.05) is 52.6 Å². The van der Waals surface area contributed by atoms with Crippen molar-refractivity contribution in [2.45, 2.75) is 12.6 Å². The number of rotatable bonds is 7. The van der Waals surface area contributed by atoms with Crippen LogP contribution in [-0.4, -0.2) is 68.1 Å². The van der Waals surface area contributed by atoms with Gasteiger partial charge in [-0.1, -0.05) is 12.1 Å². The zero-order valence-electron chi connectivity index (χ0n) is 17.7. The highest BCUT2D eigenvalue weighted by atomic mass is 19.4. The monoisotopic (exact) mass is 450 g/mol. The lowest BCUT2D eigenvalue weighted by atomic mass is 10.1. The Morgan fingerprint density at radius 2 is 1.81 bits per heavy atom. The maximum absolute atomic E-state index is 13.2. The number of benzene rings is 1. The summed E-state index contributed by atoms with van der Waals surface area (Å²) in [4.78, 5) is 32.5. The van der Waals surface area contributed by atoms with E-state index >= 15 is 0 Å². The van der Waals surface area contributed by atoms with Gasteiger partial charge < -0.3 is 19.9 Å². The van der Waals surface area contributed by atoms with E-state index in [4.69, 9.17) is 4.74 Å². The molecule has 172 valence electrons. The maximum atomic E-state index is 13.2. The second-order valence-corrected chi connectivity index (χ2v) is 7.33. The highest BCUT2D eigenvalue weighted by Crippen LogP contribution is 2.32. The van der Waals surface area contributed by atoms with Crippen LogP contribution >= 0.6 is 0 Å². The van der Waals surface area contributed by atoms with Crippen molar-refractivity contribution in [1.82, 2.24) is 15.2 Å². The number of alkyl halides is 3. The molecule has 2 aromatic rings. The number of ether oxygens (including phenoxy) is 1. The topological polar surface area (TPSA) is 74.8 Å². The van der Waals surface area contributed by atoms with Crippen LogP contribution in [0.1, 0.15) is 32.7 Å². The lowest BCUT2D eigenvalue weighted by Crippen LogP contribution is -2.49. The van der Waals surface area contributed by atoms with Crippen LogP contribution in [0, 0.1) is 0 Å². The molecule has 3 rings (SSSR count). The zero-order valence-corrected chi connectivity index (χ0v) is 17.7. The molecule has 1 aromatic heterocycles. The quantitative estimate of drug-likeness (QED) is 0.657. The summed E-state index contributed by atoms with van der Waals surface area (Å²) >= 11 is 0. The molecule has 32 heavy (non-hydrogen) atoms. The minimum Gasteiger partial charge on any atom is -0.385 e. The van der Waals surface area contributed by atoms with Gasteiger partial charge in [0.15, 0.2) is 0 Å². The van der Waals surface area contributed by atoms with E-state index in [-0.39, 0.29) is 24.6 Å². The van der Waals surface area contributed by atoms with Crippen molar-refractivity contribution in [3.05, 3.63) is 59.3 Å². The molecule has 2 amide bonds. The van der Waals surface area contributed by atoms with Crippen molar-refractivity contribution < 1.29 is 27.5 Å². The Kier molecular flexibility index (Phi) is 7.68. The highest BCUT2D eigenvalue weighted by Gasteiger charge is 2.36. The van der Waals surface area contributed by atoms with Gasteiger partial charge in [0.25, 0.3) is 11.8 Å². The molecule has 0 atom stereocenters. The minimum atomic E-state index is -4.59. The number of piperazine rings is 1. The van der Waals surface area contributed by atoms with E-state index in [1.165, 1.54) is 29.3 Å². The Morgan fingerprint density at radius 3 is 2.44 bits per heavy atom. The Morgan fingerprint density at radius 1 is 1.09 bits per heavy atom. The molecule has 1 saturated heterocycles. The van der Waals surface area contributed by atoms with E-state index < -0.39 is 17.6 Å². The third kappa shape index (κ3) is 5.76. The average molecular weight is 450 g/mol. The molecular weight excluding hydrogens is 425 g/mol. The summed E-state index contributed by atoms with van der Waals surface area (Å²) in [6.45, 7) is 2.46. The number of carbonyl (C=O) groups excluding carboxylic acids is 2. The number of nitrogens with one attached hydrogen (secondary N) is 1. The van der Waals surface area contributed by atoms with Crippen molar-refractivity contribution in [1.29, 1.82) is 0 Å². The van der Waals surface area contributed by atoms with Crippen LogP contribution in [0.15, 0.2) is 42.6 Å². The van der Waals surface area contributed by atoms with E-state index in [0.717, 1.165) is 6.07 Å². The van der Waals surface area contributed by atoms with Crippen molar-refractivity contribution >= 4 is 17.6 Å². The first kappa shape index (κ1) is 23.5. The number of amides is 2. The number of anilines is 1. The molecule has 7 nitrogen and oxygen atoms in total. The van der Waals surface area contributed by atoms with Gasteiger partial charge in [0.05, 0.1) is 16.7 Å². The maximum Gasteiger partial charge on any atom is 0.417 e. The number of carbonyl (C=O) groups is 2. The van der Waals surface area contributed by atoms with Crippen LogP contribution in [0.2, 0.25) is 0 Å². The fourth-order valence-electron chi connectivity index (χ4n) is 3.45. The van der Waals surface area contributed by atoms with Gasteiger partial charge in [-0.3, -0.25) is 9.59 Å². The summed E-state index contributed by atoms with van der Waals surface area (Å²) < 4.78 is 44.6. The Balaban J connectivity index is 1.57. The number of pyridine rings is 1. The summed E-state index contributed by atoms with van der Waals surface area (Å²) in [7, 11) is 1.60. The second kappa shape index (κ2) is 10.4. The predicted molar refractivity (Wildman–Crippen MR) is 113 cm³/mol. The summed E-state index contributed by atoms with van der Waals surface area (Å²) in [5.41, 5.74) is -0.832. The molecule has 0 unspecified atom stereocenters. The lowest BCUT2D eigenvalue weighted by Gasteiger charge is -2.35. The normalized spacial score (nSPS) is 14.4. The fourth-order valence-corrected chi connectivity index (χ4v) is 3.45. The first-order valence-electron chi connectivity index (χ1n) is 10.2. The van der Waals surface area contributed by atoms with Crippen LogP contribution in [0.4, 0.5) is 19.0 Å². The van der Waals surface area contributed by atoms with Gasteiger partial charge in [-0.05, 0) is 30.7 Å². The summed E-state index contributed by atoms with van der Waals surface area (Å²) in [6, 6.07) is 8.22. The molecule has 0 saturated carbocycles. The standard InChI is InChI=1S/C22H25F3N4O3/c1-32-14-4-9-26-20(30)16-7-8-19(27-15-16)28-10-12-29(13-11-28)21(31)17-5-2-3-6-18(17)22(23,24)25/h2-3,5-8,15H,4,9-14H2,1H3,(H,26,30). The fraction of sp³-hybridized carbons (Fsp3) is 0.409. The molecule has 0 spiro atoms. The first-order valence-corrected chi connectivity index (χ1v) is 10.2. The number of aromatic nitrogens is 1. The Bertz CT molecular complexity index is 927. The van der Waals surface area contributed by atoms with Gasteiger partial charge in [0.1, 0.15) is 5.82 Å². The van der Waals surface area contributed by atoms with E-state index in [1.807, 2.05) is 4.90 Å². The number of hydrogen-bond donors (Lipinski definition) is 1. The van der Waals surface area contributed by atoms with Crippen molar-refractivity contribution in [3.8, 4) is 0 Å². The first-order chi connectivity index (χ1) is 15.3. The number of hydrogen-bond acceptors (Lipinski definition) is 5. The molecule has 0 bridgehead atoms. The highest BCUT2D eigenvalue weighted by molar-refractivity contribution is 5.96. The summed E-state index contributed by atoms with van der Waals surface area (Å²) in [5.74, 6) is -0.214. The Hall–Kier alpha value is -3.14. The summed E-state index contributed by atoms with van der Waals surface area (Å²) in [6.07, 6.45) is -2.39. The molecule has 2 heterocycles. The molecule has 0 aliphatic carbocycles. The molecule has 1 aliphatic heterocycles. The van der Waals surface area contributed by atoms with Crippen molar-refractivity contribution in [3.63, 3.8) is 0 Å². The van der Waals surface area contributed by atoms with E-state index in [1.54, 1.807) is 19.2 Å². The van der Waals surface area contributed by atoms with Crippen LogP contribution in [0.3, 0.4) is 0 Å². The van der Waals surface area contributed by atoms with Crippen LogP contribution in [0.25, 0.3) is 0 Å². The van der Waals surface area contributed by atoms with E-state index in [0.29, 0.717) is 44.0 Å². The van der Waals surface area contributed by atoms with Gasteiger partial charge in [0.2, 0.25) is 0 Å². The van der Waals surface area contributed by atoms with Gasteiger partial charge in [-0.2, -0.15) is 13.2 Å². The number of nitrogens with zero attached hydrogens (tertiary/aromatic N) is 3. The molecule has 1 aromatic carbocycles. The largest absolute Gasteiger partial charge is 0.417 e. The van der Waals surface area contributed by atoms with Crippen molar-refractivity contribution in [2.24, 2.45) is 0 Å². The molecule has 0 radical (unpaired) electrons. The van der Waals surface area contributed by atoms with Crippen molar-refractivity contribution in [2.75, 3.05) is 51.3 Å². The van der Waals surface area contributed by atoms with Crippen LogP contribution in [-0.2, 0) is 10.9 Å². The third-order valence-corrected chi connectivity index (χ3v) is 5.17. The van der Waals surface area contributed by atoms with Gasteiger partial charge >= 0.3 is 6.18 Å². The second-order valence-electron chi connectivity index (χ2n) is 7.33. The smallest absolute Gasteiger partial charge is 0.385 e. The van der Waals surface area contributed by atoms with Crippen LogP contribution < -0.4 is 10.2 Å². The number of halogens is 3. The molecule has 1 fully saturated rings. The number of methoxy groups -OCH3 is 1. The van der Waals surface area contributed by atoms with Gasteiger partial charge in [-0.15, -0.1) is 0 Å². The molecular formula is C22H25F3N4O3. The Labute approximate surface area is 184 Å². The lowest BCUT2D eigenvalue weighted by molar-refractivity contribution is -0.138. The molecule has 10 heteroatoms. The minimum absolute atomic E-state index is 0.223. The van der Waals surface area contributed by atoms with Crippen LogP contribution in [0.5, 0.6) is 0 Å².